The summed E-state index contributed by atoms with van der Waals surface area (Å²) in [5.41, 5.74) is 1.11. The molecule has 1 fully saturated rings. The van der Waals surface area contributed by atoms with Gasteiger partial charge in [-0.1, -0.05) is 38.2 Å². The molecule has 0 spiro atoms. The van der Waals surface area contributed by atoms with Crippen LogP contribution in [0.15, 0.2) is 18.2 Å². The van der Waals surface area contributed by atoms with Crippen molar-refractivity contribution in [1.29, 1.82) is 0 Å². The summed E-state index contributed by atoms with van der Waals surface area (Å²) < 4.78 is 5.72. The van der Waals surface area contributed by atoms with E-state index in [0.717, 1.165) is 12.8 Å². The molecule has 1 saturated carbocycles. The van der Waals surface area contributed by atoms with Crippen molar-refractivity contribution in [3.8, 4) is 5.75 Å². The zero-order valence-electron chi connectivity index (χ0n) is 14.5. The Kier molecular flexibility index (Phi) is 5.07. The lowest BCUT2D eigenvalue weighted by Gasteiger charge is -2.31. The van der Waals surface area contributed by atoms with Crippen molar-refractivity contribution in [2.24, 2.45) is 0 Å². The van der Waals surface area contributed by atoms with Crippen LogP contribution >= 0.6 is 0 Å². The van der Waals surface area contributed by atoms with Crippen LogP contribution in [0.3, 0.4) is 0 Å². The minimum atomic E-state index is -0.585. The summed E-state index contributed by atoms with van der Waals surface area (Å²) in [6, 6.07) is 5.62. The smallest absolute Gasteiger partial charge is 0.265 e. The number of hydrogen-bond donors (Lipinski definition) is 1. The Morgan fingerprint density at radius 1 is 1.17 bits per heavy atom. The lowest BCUT2D eigenvalue weighted by molar-refractivity contribution is -0.122. The van der Waals surface area contributed by atoms with Gasteiger partial charge in [-0.3, -0.25) is 9.59 Å². The lowest BCUT2D eigenvalue weighted by Crippen LogP contribution is -2.39. The summed E-state index contributed by atoms with van der Waals surface area (Å²) in [5.74, 6) is 0.286. The number of anilines is 1. The Balaban J connectivity index is 1.82. The van der Waals surface area contributed by atoms with E-state index in [9.17, 15) is 9.59 Å². The predicted octanol–water partition coefficient (Wildman–Crippen LogP) is 3.59. The minimum absolute atomic E-state index is 0.0271. The van der Waals surface area contributed by atoms with Gasteiger partial charge in [0, 0.05) is 13.1 Å². The standard InChI is InChI=1S/C19H26N2O3/c1-13-18(22)20-16-12-8-11-15(17(16)24-13)19(23)21(2)14-9-6-4-3-5-7-10-14/h8,11-14H,3-7,9-10H2,1-2H3,(H,20,22)/t13-/m0/s1. The summed E-state index contributed by atoms with van der Waals surface area (Å²) in [6.07, 6.45) is 7.71. The van der Waals surface area contributed by atoms with Crippen molar-refractivity contribution < 1.29 is 14.3 Å². The van der Waals surface area contributed by atoms with Crippen LogP contribution in [0.4, 0.5) is 5.69 Å². The Morgan fingerprint density at radius 3 is 2.54 bits per heavy atom. The van der Waals surface area contributed by atoms with E-state index in [4.69, 9.17) is 4.74 Å². The first kappa shape index (κ1) is 16.8. The average molecular weight is 330 g/mol. The Bertz CT molecular complexity index is 621. The fourth-order valence-electron chi connectivity index (χ4n) is 3.57. The van der Waals surface area contributed by atoms with Crippen LogP contribution in [0.25, 0.3) is 0 Å². The molecular formula is C19H26N2O3. The number of nitrogens with zero attached hydrogens (tertiary/aromatic N) is 1. The van der Waals surface area contributed by atoms with E-state index in [1.807, 2.05) is 11.9 Å². The summed E-state index contributed by atoms with van der Waals surface area (Å²) in [7, 11) is 1.89. The first-order chi connectivity index (χ1) is 11.6. The summed E-state index contributed by atoms with van der Waals surface area (Å²) in [6.45, 7) is 1.69. The number of amides is 2. The van der Waals surface area contributed by atoms with E-state index in [-0.39, 0.29) is 17.9 Å². The summed E-state index contributed by atoms with van der Waals surface area (Å²) >= 11 is 0. The van der Waals surface area contributed by atoms with E-state index in [0.29, 0.717) is 17.0 Å². The number of hydrogen-bond acceptors (Lipinski definition) is 3. The van der Waals surface area contributed by atoms with Crippen LogP contribution in [-0.2, 0) is 4.79 Å². The van der Waals surface area contributed by atoms with Gasteiger partial charge in [-0.15, -0.1) is 0 Å². The number of ether oxygens (including phenoxy) is 1. The molecule has 0 radical (unpaired) electrons. The molecule has 0 bridgehead atoms. The van der Waals surface area contributed by atoms with Crippen molar-refractivity contribution in [1.82, 2.24) is 4.90 Å². The van der Waals surface area contributed by atoms with E-state index in [1.54, 1.807) is 25.1 Å². The van der Waals surface area contributed by atoms with Gasteiger partial charge < -0.3 is 15.0 Å². The van der Waals surface area contributed by atoms with Gasteiger partial charge in [0.15, 0.2) is 11.9 Å². The van der Waals surface area contributed by atoms with Crippen molar-refractivity contribution in [2.75, 3.05) is 12.4 Å². The molecule has 0 saturated heterocycles. The summed E-state index contributed by atoms with van der Waals surface area (Å²) in [5, 5.41) is 2.81. The Labute approximate surface area is 143 Å². The van der Waals surface area contributed by atoms with Gasteiger partial charge in [0.2, 0.25) is 0 Å². The van der Waals surface area contributed by atoms with E-state index in [2.05, 4.69) is 5.32 Å². The molecular weight excluding hydrogens is 304 g/mol. The van der Waals surface area contributed by atoms with Crippen LogP contribution in [0.5, 0.6) is 5.75 Å². The zero-order chi connectivity index (χ0) is 17.1. The predicted molar refractivity (Wildman–Crippen MR) is 93.4 cm³/mol. The van der Waals surface area contributed by atoms with Gasteiger partial charge >= 0.3 is 0 Å². The zero-order valence-corrected chi connectivity index (χ0v) is 14.5. The number of rotatable bonds is 2. The normalized spacial score (nSPS) is 21.8. The highest BCUT2D eigenvalue weighted by atomic mass is 16.5. The number of para-hydroxylation sites is 1. The maximum atomic E-state index is 13.0. The first-order valence-corrected chi connectivity index (χ1v) is 8.95. The number of carbonyl (C=O) groups is 2. The first-order valence-electron chi connectivity index (χ1n) is 8.95. The molecule has 1 atom stereocenters. The molecule has 24 heavy (non-hydrogen) atoms. The molecule has 1 aliphatic carbocycles. The SMILES string of the molecule is C[C@@H]1Oc2c(cccc2C(=O)N(C)C2CCCCCCC2)NC1=O. The molecule has 0 aromatic heterocycles. The molecule has 3 rings (SSSR count). The van der Waals surface area contributed by atoms with Crippen LogP contribution in [0.2, 0.25) is 0 Å². The molecule has 130 valence electrons. The highest BCUT2D eigenvalue weighted by Gasteiger charge is 2.30. The third-order valence-corrected chi connectivity index (χ3v) is 5.11. The minimum Gasteiger partial charge on any atom is -0.478 e. The fourth-order valence-corrected chi connectivity index (χ4v) is 3.57. The highest BCUT2D eigenvalue weighted by molar-refractivity contribution is 6.04. The van der Waals surface area contributed by atoms with Gasteiger partial charge in [-0.05, 0) is 31.9 Å². The molecule has 5 heteroatoms. The third kappa shape index (κ3) is 3.40. The van der Waals surface area contributed by atoms with E-state index < -0.39 is 6.10 Å². The van der Waals surface area contributed by atoms with Gasteiger partial charge in [0.25, 0.3) is 11.8 Å². The largest absolute Gasteiger partial charge is 0.478 e. The monoisotopic (exact) mass is 330 g/mol. The Morgan fingerprint density at radius 2 is 1.83 bits per heavy atom. The molecule has 1 N–H and O–H groups in total. The van der Waals surface area contributed by atoms with Crippen LogP contribution < -0.4 is 10.1 Å². The molecule has 1 aliphatic heterocycles. The van der Waals surface area contributed by atoms with Crippen molar-refractivity contribution in [3.05, 3.63) is 23.8 Å². The van der Waals surface area contributed by atoms with Gasteiger partial charge in [0.1, 0.15) is 0 Å². The summed E-state index contributed by atoms with van der Waals surface area (Å²) in [4.78, 5) is 26.7. The number of benzene rings is 1. The molecule has 1 aromatic rings. The van der Waals surface area contributed by atoms with Gasteiger partial charge in [-0.25, -0.2) is 0 Å². The molecule has 5 nitrogen and oxygen atoms in total. The Hall–Kier alpha value is -2.04. The molecule has 1 aromatic carbocycles. The second kappa shape index (κ2) is 7.24. The fraction of sp³-hybridized carbons (Fsp3) is 0.579. The number of nitrogens with one attached hydrogen (secondary N) is 1. The number of fused-ring (bicyclic) bond motifs is 1. The topological polar surface area (TPSA) is 58.6 Å². The van der Waals surface area contributed by atoms with Crippen molar-refractivity contribution >= 4 is 17.5 Å². The highest BCUT2D eigenvalue weighted by Crippen LogP contribution is 2.34. The second-order valence-corrected chi connectivity index (χ2v) is 6.85. The average Bonchev–Trinajstić information content (AvgIpc) is 2.54. The van der Waals surface area contributed by atoms with E-state index in [1.165, 1.54) is 32.1 Å². The molecule has 1 heterocycles. The molecule has 2 aliphatic rings. The van der Waals surface area contributed by atoms with Crippen LogP contribution in [0, 0.1) is 0 Å². The lowest BCUT2D eigenvalue weighted by atomic mass is 9.95. The van der Waals surface area contributed by atoms with Crippen molar-refractivity contribution in [3.63, 3.8) is 0 Å². The molecule has 2 amide bonds. The van der Waals surface area contributed by atoms with Crippen molar-refractivity contribution in [2.45, 2.75) is 64.0 Å². The maximum absolute atomic E-state index is 13.0. The maximum Gasteiger partial charge on any atom is 0.265 e. The molecule has 0 unspecified atom stereocenters. The van der Waals surface area contributed by atoms with Gasteiger partial charge in [0.05, 0.1) is 11.3 Å². The number of carbonyl (C=O) groups excluding carboxylic acids is 2. The van der Waals surface area contributed by atoms with Crippen LogP contribution in [0.1, 0.15) is 62.2 Å². The van der Waals surface area contributed by atoms with E-state index >= 15 is 0 Å². The third-order valence-electron chi connectivity index (χ3n) is 5.11. The second-order valence-electron chi connectivity index (χ2n) is 6.85. The quantitative estimate of drug-likeness (QED) is 0.901. The van der Waals surface area contributed by atoms with Gasteiger partial charge in [-0.2, -0.15) is 0 Å². The van der Waals surface area contributed by atoms with Crippen LogP contribution in [-0.4, -0.2) is 35.9 Å².